The van der Waals surface area contributed by atoms with E-state index in [1.54, 1.807) is 18.3 Å². The van der Waals surface area contributed by atoms with Gasteiger partial charge in [-0.3, -0.25) is 0 Å². The van der Waals surface area contributed by atoms with Crippen LogP contribution in [0.25, 0.3) is 22.3 Å². The van der Waals surface area contributed by atoms with Gasteiger partial charge < -0.3 is 9.72 Å². The molecule has 9 heteroatoms. The molecule has 4 rings (SSSR count). The number of aromatic amines is 2. The molecule has 0 aliphatic heterocycles. The van der Waals surface area contributed by atoms with Gasteiger partial charge in [-0.25, -0.2) is 5.10 Å². The molecule has 0 amide bonds. The Hall–Kier alpha value is -3.33. The minimum absolute atomic E-state index is 0.0664. The van der Waals surface area contributed by atoms with Crippen molar-refractivity contribution >= 4 is 29.3 Å². The number of nitrogens with zero attached hydrogens (tertiary/aromatic N) is 3. The van der Waals surface area contributed by atoms with E-state index in [2.05, 4.69) is 25.0 Å². The quantitative estimate of drug-likeness (QED) is 0.390. The Kier molecular flexibility index (Phi) is 4.51. The second-order valence-corrected chi connectivity index (χ2v) is 5.99. The van der Waals surface area contributed by atoms with Crippen molar-refractivity contribution in [2.45, 2.75) is 6.61 Å². The monoisotopic (exact) mass is 385 g/mol. The zero-order valence-corrected chi connectivity index (χ0v) is 14.6. The standard InChI is InChI=1S/C18H13F2N5OS/c19-17(20)26-13-7-5-11(6-8-13)16-23-24-18(27)25(16)22-10-12-9-21-15-4-2-1-3-14(12)15/h1-10,17,21H,(H,24,27). The Balaban J connectivity index is 1.67. The topological polar surface area (TPSA) is 71.0 Å². The first-order valence-corrected chi connectivity index (χ1v) is 8.36. The number of alkyl halides is 2. The number of nitrogens with one attached hydrogen (secondary N) is 2. The van der Waals surface area contributed by atoms with Crippen LogP contribution in [-0.2, 0) is 0 Å². The first-order chi connectivity index (χ1) is 13.1. The van der Waals surface area contributed by atoms with Crippen LogP contribution in [0, 0.1) is 4.77 Å². The summed E-state index contributed by atoms with van der Waals surface area (Å²) in [4.78, 5) is 3.18. The van der Waals surface area contributed by atoms with Crippen molar-refractivity contribution in [1.29, 1.82) is 0 Å². The van der Waals surface area contributed by atoms with Gasteiger partial charge in [0.05, 0.1) is 6.21 Å². The molecule has 2 aromatic heterocycles. The molecule has 4 aromatic rings. The summed E-state index contributed by atoms with van der Waals surface area (Å²) in [5.74, 6) is 0.524. The first-order valence-electron chi connectivity index (χ1n) is 7.95. The third-order valence-corrected chi connectivity index (χ3v) is 4.19. The van der Waals surface area contributed by atoms with E-state index in [0.29, 0.717) is 16.2 Å². The van der Waals surface area contributed by atoms with E-state index in [0.717, 1.165) is 16.5 Å². The number of aromatic nitrogens is 4. The van der Waals surface area contributed by atoms with Gasteiger partial charge in [0.2, 0.25) is 4.77 Å². The van der Waals surface area contributed by atoms with Crippen LogP contribution in [0.3, 0.4) is 0 Å². The maximum Gasteiger partial charge on any atom is 0.387 e. The molecule has 136 valence electrons. The number of halogens is 2. The van der Waals surface area contributed by atoms with E-state index >= 15 is 0 Å². The summed E-state index contributed by atoms with van der Waals surface area (Å²) in [6.07, 6.45) is 3.54. The molecule has 0 unspecified atom stereocenters. The predicted octanol–water partition coefficient (Wildman–Crippen LogP) is 4.57. The average Bonchev–Trinajstić information content (AvgIpc) is 3.24. The van der Waals surface area contributed by atoms with Crippen LogP contribution in [-0.4, -0.2) is 32.7 Å². The molecule has 0 spiro atoms. The van der Waals surface area contributed by atoms with Crippen molar-refractivity contribution in [3.05, 3.63) is 65.1 Å². The largest absolute Gasteiger partial charge is 0.435 e. The van der Waals surface area contributed by atoms with Crippen LogP contribution in [0.5, 0.6) is 5.75 Å². The van der Waals surface area contributed by atoms with E-state index in [4.69, 9.17) is 12.2 Å². The Morgan fingerprint density at radius 2 is 1.93 bits per heavy atom. The van der Waals surface area contributed by atoms with E-state index < -0.39 is 6.61 Å². The van der Waals surface area contributed by atoms with Crippen LogP contribution in [0.15, 0.2) is 59.8 Å². The summed E-state index contributed by atoms with van der Waals surface area (Å²) in [5.41, 5.74) is 2.56. The number of rotatable bonds is 5. The number of hydrogen-bond donors (Lipinski definition) is 2. The fourth-order valence-corrected chi connectivity index (χ4v) is 2.87. The maximum absolute atomic E-state index is 12.3. The molecule has 0 atom stereocenters. The van der Waals surface area contributed by atoms with Gasteiger partial charge in [-0.1, -0.05) is 18.2 Å². The number of fused-ring (bicyclic) bond motifs is 1. The summed E-state index contributed by atoms with van der Waals surface area (Å²) in [7, 11) is 0. The summed E-state index contributed by atoms with van der Waals surface area (Å²) in [5, 5.41) is 12.3. The molecule has 2 heterocycles. The van der Waals surface area contributed by atoms with Gasteiger partial charge in [-0.05, 0) is 42.5 Å². The Bertz CT molecular complexity index is 1160. The lowest BCUT2D eigenvalue weighted by atomic mass is 10.2. The molecule has 0 aliphatic carbocycles. The lowest BCUT2D eigenvalue weighted by molar-refractivity contribution is -0.0498. The van der Waals surface area contributed by atoms with Gasteiger partial charge in [-0.2, -0.15) is 23.7 Å². The zero-order chi connectivity index (χ0) is 18.8. The second kappa shape index (κ2) is 7.12. The molecule has 0 fully saturated rings. The molecule has 0 radical (unpaired) electrons. The second-order valence-electron chi connectivity index (χ2n) is 5.60. The van der Waals surface area contributed by atoms with Gasteiger partial charge in [0.25, 0.3) is 0 Å². The smallest absolute Gasteiger partial charge is 0.387 e. The van der Waals surface area contributed by atoms with Crippen LogP contribution in [0.2, 0.25) is 0 Å². The highest BCUT2D eigenvalue weighted by atomic mass is 32.1. The van der Waals surface area contributed by atoms with Crippen LogP contribution in [0.4, 0.5) is 8.78 Å². The summed E-state index contributed by atoms with van der Waals surface area (Å²) < 4.78 is 30.7. The van der Waals surface area contributed by atoms with Gasteiger partial charge in [-0.15, -0.1) is 0 Å². The maximum atomic E-state index is 12.3. The number of H-pyrrole nitrogens is 2. The highest BCUT2D eigenvalue weighted by molar-refractivity contribution is 7.71. The fraction of sp³-hybridized carbons (Fsp3) is 0.0556. The molecule has 2 aromatic carbocycles. The highest BCUT2D eigenvalue weighted by Gasteiger charge is 2.10. The molecule has 0 bridgehead atoms. The minimum atomic E-state index is -2.87. The molecule has 0 saturated heterocycles. The molecule has 6 nitrogen and oxygen atoms in total. The Morgan fingerprint density at radius 3 is 2.70 bits per heavy atom. The minimum Gasteiger partial charge on any atom is -0.435 e. The molecule has 0 aliphatic rings. The van der Waals surface area contributed by atoms with Crippen LogP contribution >= 0.6 is 12.2 Å². The fourth-order valence-electron chi connectivity index (χ4n) is 2.69. The lowest BCUT2D eigenvalue weighted by Gasteiger charge is -2.05. The molecule has 27 heavy (non-hydrogen) atoms. The first kappa shape index (κ1) is 17.1. The van der Waals surface area contributed by atoms with Crippen LogP contribution in [0.1, 0.15) is 5.56 Å². The van der Waals surface area contributed by atoms with Crippen molar-refractivity contribution in [3.8, 4) is 17.1 Å². The van der Waals surface area contributed by atoms with Crippen molar-refractivity contribution in [2.24, 2.45) is 5.10 Å². The zero-order valence-electron chi connectivity index (χ0n) is 13.8. The highest BCUT2D eigenvalue weighted by Crippen LogP contribution is 2.22. The molecule has 2 N–H and O–H groups in total. The van der Waals surface area contributed by atoms with Crippen molar-refractivity contribution in [2.75, 3.05) is 0 Å². The Morgan fingerprint density at radius 1 is 1.15 bits per heavy atom. The third kappa shape index (κ3) is 3.49. The predicted molar refractivity (Wildman–Crippen MR) is 101 cm³/mol. The van der Waals surface area contributed by atoms with Crippen molar-refractivity contribution in [3.63, 3.8) is 0 Å². The number of para-hydroxylation sites is 1. The number of ether oxygens (including phenoxy) is 1. The average molecular weight is 385 g/mol. The van der Waals surface area contributed by atoms with Crippen molar-refractivity contribution in [1.82, 2.24) is 19.9 Å². The SMILES string of the molecule is FC(F)Oc1ccc(-c2n[nH]c(=S)n2N=Cc2c[nH]c3ccccc23)cc1. The van der Waals surface area contributed by atoms with E-state index in [1.807, 2.05) is 30.5 Å². The molecular formula is C18H13F2N5OS. The summed E-state index contributed by atoms with van der Waals surface area (Å²) in [6.45, 7) is -2.87. The van der Waals surface area contributed by atoms with Crippen molar-refractivity contribution < 1.29 is 13.5 Å². The molecular weight excluding hydrogens is 372 g/mol. The summed E-state index contributed by atoms with van der Waals surface area (Å²) >= 11 is 5.25. The van der Waals surface area contributed by atoms with Gasteiger partial charge in [0, 0.05) is 28.2 Å². The van der Waals surface area contributed by atoms with E-state index in [9.17, 15) is 8.78 Å². The van der Waals surface area contributed by atoms with E-state index in [1.165, 1.54) is 16.8 Å². The third-order valence-electron chi connectivity index (χ3n) is 3.92. The number of hydrogen-bond acceptors (Lipinski definition) is 4. The molecule has 0 saturated carbocycles. The van der Waals surface area contributed by atoms with Gasteiger partial charge >= 0.3 is 6.61 Å². The van der Waals surface area contributed by atoms with E-state index in [-0.39, 0.29) is 5.75 Å². The van der Waals surface area contributed by atoms with Gasteiger partial charge in [0.15, 0.2) is 5.82 Å². The van der Waals surface area contributed by atoms with Gasteiger partial charge in [0.1, 0.15) is 5.75 Å². The Labute approximate surface area is 157 Å². The lowest BCUT2D eigenvalue weighted by Crippen LogP contribution is -2.01. The van der Waals surface area contributed by atoms with Crippen LogP contribution < -0.4 is 4.74 Å². The normalized spacial score (nSPS) is 11.7. The number of benzene rings is 2. The summed E-state index contributed by atoms with van der Waals surface area (Å²) in [6, 6.07) is 14.0.